The normalized spacial score (nSPS) is 26.4. The van der Waals surface area contributed by atoms with E-state index in [0.29, 0.717) is 38.0 Å². The molecule has 0 aliphatic carbocycles. The molecule has 0 spiro atoms. The van der Waals surface area contributed by atoms with Gasteiger partial charge in [0.05, 0.1) is 0 Å². The number of nitrogens with one attached hydrogen (secondary N) is 4. The van der Waals surface area contributed by atoms with E-state index >= 15 is 0 Å². The third-order valence-corrected chi connectivity index (χ3v) is 5.77. The van der Waals surface area contributed by atoms with Crippen LogP contribution in [0.2, 0.25) is 0 Å². The third-order valence-electron chi connectivity index (χ3n) is 5.77. The number of fused-ring (bicyclic) bond motifs is 1. The summed E-state index contributed by atoms with van der Waals surface area (Å²) >= 11 is 0. The van der Waals surface area contributed by atoms with E-state index in [4.69, 9.17) is 0 Å². The molecule has 160 valence electrons. The highest BCUT2D eigenvalue weighted by Gasteiger charge is 2.40. The van der Waals surface area contributed by atoms with Crippen molar-refractivity contribution in [2.75, 3.05) is 50.7 Å². The van der Waals surface area contributed by atoms with Gasteiger partial charge in [0.2, 0.25) is 17.8 Å². The maximum atomic E-state index is 12.5. The Morgan fingerprint density at radius 3 is 2.66 bits per heavy atom. The fraction of sp³-hybridized carbons (Fsp3) is 0.667. The SMILES string of the molecule is Cl.O=C(NCCC(=O)N1CCN(c2ncccn2)CC1)C1NNC2CCNCC21. The molecule has 0 bridgehead atoms. The van der Waals surface area contributed by atoms with Crippen LogP contribution in [0, 0.1) is 5.92 Å². The van der Waals surface area contributed by atoms with Crippen LogP contribution < -0.4 is 26.4 Å². The Kier molecular flexibility index (Phi) is 7.59. The highest BCUT2D eigenvalue weighted by molar-refractivity contribution is 5.85. The van der Waals surface area contributed by atoms with Crippen LogP contribution in [0.1, 0.15) is 12.8 Å². The number of hydrogen-bond donors (Lipinski definition) is 4. The maximum Gasteiger partial charge on any atom is 0.238 e. The van der Waals surface area contributed by atoms with Crippen LogP contribution in [-0.2, 0) is 9.59 Å². The minimum absolute atomic E-state index is 0. The van der Waals surface area contributed by atoms with Crippen LogP contribution in [0.3, 0.4) is 0 Å². The summed E-state index contributed by atoms with van der Waals surface area (Å²) in [5, 5.41) is 6.26. The molecule has 1 aromatic heterocycles. The second-order valence-electron chi connectivity index (χ2n) is 7.49. The summed E-state index contributed by atoms with van der Waals surface area (Å²) in [5.41, 5.74) is 6.32. The maximum absolute atomic E-state index is 12.5. The Morgan fingerprint density at radius 1 is 1.14 bits per heavy atom. The molecular formula is C18H29ClN8O2. The van der Waals surface area contributed by atoms with Gasteiger partial charge in [-0.25, -0.2) is 15.4 Å². The lowest BCUT2D eigenvalue weighted by Gasteiger charge is -2.34. The van der Waals surface area contributed by atoms with Crippen LogP contribution in [0.4, 0.5) is 5.95 Å². The number of carbonyl (C=O) groups is 2. The van der Waals surface area contributed by atoms with Crippen molar-refractivity contribution >= 4 is 30.2 Å². The van der Waals surface area contributed by atoms with Gasteiger partial charge in [-0.2, -0.15) is 0 Å². The standard InChI is InChI=1S/C18H28N8O2.ClH/c27-15(25-8-10-26(11-9-25)18-21-4-1-5-22-18)3-7-20-17(28)16-13-12-19-6-2-14(13)23-24-16;/h1,4-5,13-14,16,19,23-24H,2-3,6-12H2,(H,20,28);1H. The van der Waals surface area contributed by atoms with Crippen LogP contribution in [0.5, 0.6) is 0 Å². The number of piperidine rings is 1. The molecule has 29 heavy (non-hydrogen) atoms. The predicted molar refractivity (Wildman–Crippen MR) is 111 cm³/mol. The highest BCUT2D eigenvalue weighted by Crippen LogP contribution is 2.20. The van der Waals surface area contributed by atoms with Gasteiger partial charge in [0.15, 0.2) is 0 Å². The van der Waals surface area contributed by atoms with E-state index in [0.717, 1.165) is 32.6 Å². The lowest BCUT2D eigenvalue weighted by atomic mass is 9.89. The molecule has 2 amide bonds. The molecule has 3 saturated heterocycles. The number of amides is 2. The van der Waals surface area contributed by atoms with Crippen molar-refractivity contribution in [2.45, 2.75) is 24.9 Å². The first-order valence-corrected chi connectivity index (χ1v) is 10.0. The van der Waals surface area contributed by atoms with Gasteiger partial charge >= 0.3 is 0 Å². The molecule has 3 aliphatic rings. The molecule has 3 atom stereocenters. The average Bonchev–Trinajstić information content (AvgIpc) is 3.19. The molecular weight excluding hydrogens is 396 g/mol. The summed E-state index contributed by atoms with van der Waals surface area (Å²) in [5.74, 6) is 0.985. The van der Waals surface area contributed by atoms with Gasteiger partial charge in [-0.3, -0.25) is 15.0 Å². The van der Waals surface area contributed by atoms with Gasteiger partial charge in [-0.1, -0.05) is 0 Å². The van der Waals surface area contributed by atoms with Gasteiger partial charge in [-0.05, 0) is 19.0 Å². The van der Waals surface area contributed by atoms with E-state index in [9.17, 15) is 9.59 Å². The minimum Gasteiger partial charge on any atom is -0.354 e. The van der Waals surface area contributed by atoms with Gasteiger partial charge in [0.1, 0.15) is 6.04 Å². The molecule has 4 heterocycles. The van der Waals surface area contributed by atoms with E-state index < -0.39 is 0 Å². The second kappa shape index (κ2) is 10.1. The number of aromatic nitrogens is 2. The molecule has 0 saturated carbocycles. The molecule has 4 rings (SSSR count). The number of rotatable bonds is 5. The zero-order chi connectivity index (χ0) is 19.3. The summed E-state index contributed by atoms with van der Waals surface area (Å²) < 4.78 is 0. The zero-order valence-corrected chi connectivity index (χ0v) is 17.2. The molecule has 3 unspecified atom stereocenters. The van der Waals surface area contributed by atoms with Crippen molar-refractivity contribution < 1.29 is 9.59 Å². The monoisotopic (exact) mass is 424 g/mol. The van der Waals surface area contributed by atoms with Crippen molar-refractivity contribution in [3.63, 3.8) is 0 Å². The van der Waals surface area contributed by atoms with Crippen LogP contribution in [-0.4, -0.2) is 84.6 Å². The first-order chi connectivity index (χ1) is 13.7. The molecule has 0 aromatic carbocycles. The lowest BCUT2D eigenvalue weighted by Crippen LogP contribution is -2.51. The Morgan fingerprint density at radius 2 is 1.90 bits per heavy atom. The minimum atomic E-state index is -0.248. The molecule has 0 radical (unpaired) electrons. The number of hydrazine groups is 1. The lowest BCUT2D eigenvalue weighted by molar-refractivity contribution is -0.131. The van der Waals surface area contributed by atoms with E-state index in [2.05, 4.69) is 36.4 Å². The average molecular weight is 425 g/mol. The summed E-state index contributed by atoms with van der Waals surface area (Å²) in [6.07, 6.45) is 4.78. The van der Waals surface area contributed by atoms with Crippen molar-refractivity contribution in [1.29, 1.82) is 0 Å². The fourth-order valence-corrected chi connectivity index (χ4v) is 4.15. The molecule has 11 heteroatoms. The molecule has 3 aliphatic heterocycles. The Balaban J connectivity index is 0.00000240. The summed E-state index contributed by atoms with van der Waals surface area (Å²) in [4.78, 5) is 37.4. The van der Waals surface area contributed by atoms with Crippen LogP contribution >= 0.6 is 12.4 Å². The topological polar surface area (TPSA) is 115 Å². The van der Waals surface area contributed by atoms with Gasteiger partial charge in [-0.15, -0.1) is 12.4 Å². The Bertz CT molecular complexity index is 686. The second-order valence-corrected chi connectivity index (χ2v) is 7.49. The quantitative estimate of drug-likeness (QED) is 0.452. The van der Waals surface area contributed by atoms with Crippen LogP contribution in [0.25, 0.3) is 0 Å². The molecule has 4 N–H and O–H groups in total. The molecule has 10 nitrogen and oxygen atoms in total. The van der Waals surface area contributed by atoms with Gasteiger partial charge in [0, 0.05) is 70.0 Å². The smallest absolute Gasteiger partial charge is 0.238 e. The van der Waals surface area contributed by atoms with E-state index in [-0.39, 0.29) is 36.2 Å². The first-order valence-electron chi connectivity index (χ1n) is 10.0. The van der Waals surface area contributed by atoms with Gasteiger partial charge < -0.3 is 20.4 Å². The Labute approximate surface area is 176 Å². The summed E-state index contributed by atoms with van der Waals surface area (Å²) in [6.45, 7) is 4.90. The van der Waals surface area contributed by atoms with Crippen molar-refractivity contribution in [1.82, 2.24) is 36.4 Å². The fourth-order valence-electron chi connectivity index (χ4n) is 4.15. The van der Waals surface area contributed by atoms with E-state index in [1.54, 1.807) is 18.5 Å². The highest BCUT2D eigenvalue weighted by atomic mass is 35.5. The van der Waals surface area contributed by atoms with Crippen molar-refractivity contribution in [3.05, 3.63) is 18.5 Å². The number of anilines is 1. The zero-order valence-electron chi connectivity index (χ0n) is 16.3. The van der Waals surface area contributed by atoms with Crippen molar-refractivity contribution in [3.8, 4) is 0 Å². The van der Waals surface area contributed by atoms with E-state index in [1.807, 2.05) is 4.90 Å². The third kappa shape index (κ3) is 5.13. The number of halogens is 1. The predicted octanol–water partition coefficient (Wildman–Crippen LogP) is -1.49. The number of piperazine rings is 1. The molecule has 3 fully saturated rings. The number of nitrogens with zero attached hydrogens (tertiary/aromatic N) is 4. The Hall–Kier alpha value is -2.01. The van der Waals surface area contributed by atoms with Crippen molar-refractivity contribution in [2.24, 2.45) is 5.92 Å². The van der Waals surface area contributed by atoms with E-state index in [1.165, 1.54) is 0 Å². The van der Waals surface area contributed by atoms with Gasteiger partial charge in [0.25, 0.3) is 0 Å². The number of hydrogen-bond acceptors (Lipinski definition) is 8. The number of carbonyl (C=O) groups excluding carboxylic acids is 2. The molecule has 1 aromatic rings. The summed E-state index contributed by atoms with van der Waals surface area (Å²) in [6, 6.07) is 1.88. The summed E-state index contributed by atoms with van der Waals surface area (Å²) in [7, 11) is 0. The first kappa shape index (κ1) is 21.7. The largest absolute Gasteiger partial charge is 0.354 e. The van der Waals surface area contributed by atoms with Crippen LogP contribution in [0.15, 0.2) is 18.5 Å².